The summed E-state index contributed by atoms with van der Waals surface area (Å²) in [5.41, 5.74) is 1.64. The molecular formula is C20H17ClN4O3. The van der Waals surface area contributed by atoms with Crippen molar-refractivity contribution in [3.05, 3.63) is 77.0 Å². The van der Waals surface area contributed by atoms with Gasteiger partial charge in [-0.05, 0) is 42.0 Å². The lowest BCUT2D eigenvalue weighted by molar-refractivity contribution is 0.246. The summed E-state index contributed by atoms with van der Waals surface area (Å²) in [6.45, 7) is 0. The van der Waals surface area contributed by atoms with Gasteiger partial charge in [0.1, 0.15) is 11.8 Å². The molecule has 0 saturated carbocycles. The van der Waals surface area contributed by atoms with Crippen LogP contribution >= 0.6 is 11.6 Å². The molecule has 1 atom stereocenters. The number of urea groups is 1. The number of nitriles is 1. The van der Waals surface area contributed by atoms with Crippen LogP contribution in [0.1, 0.15) is 23.1 Å². The van der Waals surface area contributed by atoms with Crippen molar-refractivity contribution in [1.29, 1.82) is 5.26 Å². The van der Waals surface area contributed by atoms with Crippen LogP contribution in [0.5, 0.6) is 5.75 Å². The van der Waals surface area contributed by atoms with Crippen molar-refractivity contribution in [2.24, 2.45) is 0 Å². The number of rotatable bonds is 6. The second-order valence-corrected chi connectivity index (χ2v) is 6.32. The normalized spacial score (nSPS) is 11.3. The molecule has 1 heterocycles. The van der Waals surface area contributed by atoms with Gasteiger partial charge in [-0.25, -0.2) is 9.78 Å². The number of amides is 2. The Morgan fingerprint density at radius 3 is 2.61 bits per heavy atom. The first-order valence-electron chi connectivity index (χ1n) is 8.38. The molecule has 0 radical (unpaired) electrons. The maximum atomic E-state index is 12.5. The van der Waals surface area contributed by atoms with Gasteiger partial charge in [-0.1, -0.05) is 23.7 Å². The zero-order valence-electron chi connectivity index (χ0n) is 15.0. The number of nitrogens with one attached hydrogen (secondary N) is 2. The maximum Gasteiger partial charge on any atom is 0.319 e. The van der Waals surface area contributed by atoms with Crippen molar-refractivity contribution in [2.75, 3.05) is 12.4 Å². The van der Waals surface area contributed by atoms with Crippen molar-refractivity contribution in [3.8, 4) is 11.8 Å². The molecule has 0 unspecified atom stereocenters. The topological polar surface area (TPSA) is 100 Å². The van der Waals surface area contributed by atoms with E-state index in [2.05, 4.69) is 15.6 Å². The summed E-state index contributed by atoms with van der Waals surface area (Å²) >= 11 is 5.86. The first-order valence-corrected chi connectivity index (χ1v) is 8.76. The van der Waals surface area contributed by atoms with Crippen molar-refractivity contribution < 1.29 is 13.9 Å². The van der Waals surface area contributed by atoms with E-state index in [0.29, 0.717) is 22.9 Å². The number of methoxy groups -OCH3 is 1. The van der Waals surface area contributed by atoms with Crippen molar-refractivity contribution >= 4 is 23.3 Å². The Balaban J connectivity index is 1.78. The molecule has 0 fully saturated rings. The summed E-state index contributed by atoms with van der Waals surface area (Å²) < 4.78 is 10.5. The second-order valence-electron chi connectivity index (χ2n) is 5.89. The molecule has 0 aliphatic rings. The molecule has 0 aliphatic carbocycles. The van der Waals surface area contributed by atoms with Gasteiger partial charge in [0.2, 0.25) is 0 Å². The number of halogens is 1. The van der Waals surface area contributed by atoms with Crippen LogP contribution in [0.3, 0.4) is 0 Å². The zero-order chi connectivity index (χ0) is 19.9. The fourth-order valence-corrected chi connectivity index (χ4v) is 2.78. The van der Waals surface area contributed by atoms with Crippen molar-refractivity contribution in [3.63, 3.8) is 0 Å². The quantitative estimate of drug-likeness (QED) is 0.646. The molecule has 0 aliphatic heterocycles. The summed E-state index contributed by atoms with van der Waals surface area (Å²) in [6, 6.07) is 15.1. The predicted octanol–water partition coefficient (Wildman–Crippen LogP) is 4.31. The lowest BCUT2D eigenvalue weighted by Crippen LogP contribution is -2.34. The highest BCUT2D eigenvalue weighted by atomic mass is 35.5. The van der Waals surface area contributed by atoms with E-state index in [4.69, 9.17) is 20.8 Å². The van der Waals surface area contributed by atoms with Gasteiger partial charge in [-0.15, -0.1) is 0 Å². The van der Waals surface area contributed by atoms with E-state index in [0.717, 1.165) is 11.3 Å². The van der Waals surface area contributed by atoms with E-state index < -0.39 is 12.1 Å². The molecule has 3 rings (SSSR count). The lowest BCUT2D eigenvalue weighted by Gasteiger charge is -2.17. The molecule has 0 spiro atoms. The van der Waals surface area contributed by atoms with Gasteiger partial charge in [0.05, 0.1) is 13.2 Å². The minimum Gasteiger partial charge on any atom is -0.497 e. The van der Waals surface area contributed by atoms with Crippen LogP contribution in [0.2, 0.25) is 5.02 Å². The molecule has 142 valence electrons. The third kappa shape index (κ3) is 4.81. The third-order valence-electron chi connectivity index (χ3n) is 4.02. The van der Waals surface area contributed by atoms with Gasteiger partial charge >= 0.3 is 6.03 Å². The van der Waals surface area contributed by atoms with Crippen molar-refractivity contribution in [2.45, 2.75) is 12.5 Å². The summed E-state index contributed by atoms with van der Waals surface area (Å²) in [7, 11) is 1.59. The largest absolute Gasteiger partial charge is 0.497 e. The number of nitrogens with zero attached hydrogens (tertiary/aromatic N) is 2. The van der Waals surface area contributed by atoms with Gasteiger partial charge in [-0.3, -0.25) is 0 Å². The van der Waals surface area contributed by atoms with Crippen LogP contribution in [0.15, 0.2) is 59.3 Å². The van der Waals surface area contributed by atoms with E-state index in [1.165, 1.54) is 6.39 Å². The van der Waals surface area contributed by atoms with Gasteiger partial charge < -0.3 is 19.8 Å². The van der Waals surface area contributed by atoms with E-state index in [1.807, 2.05) is 30.3 Å². The van der Waals surface area contributed by atoms with Crippen LogP contribution < -0.4 is 15.4 Å². The Hall–Kier alpha value is -3.50. The minimum absolute atomic E-state index is 0.130. The molecular weight excluding hydrogens is 380 g/mol. The third-order valence-corrected chi connectivity index (χ3v) is 4.28. The lowest BCUT2D eigenvalue weighted by atomic mass is 10.0. The van der Waals surface area contributed by atoms with Crippen LogP contribution in [-0.4, -0.2) is 18.1 Å². The summed E-state index contributed by atoms with van der Waals surface area (Å²) in [5.74, 6) is 1.02. The van der Waals surface area contributed by atoms with E-state index >= 15 is 0 Å². The standard InChI is InChI=1S/C20H17ClN4O3/c1-27-16-8-2-13(3-9-16)10-17(19-18(11-22)23-12-28-19)25-20(26)24-15-6-4-14(21)5-7-15/h2-9,12,17H,10H2,1H3,(H2,24,25,26)/t17-/m0/s1. The van der Waals surface area contributed by atoms with Gasteiger partial charge in [0, 0.05) is 17.1 Å². The number of oxazole rings is 1. The first-order chi connectivity index (χ1) is 13.6. The highest BCUT2D eigenvalue weighted by Gasteiger charge is 2.23. The number of hydrogen-bond acceptors (Lipinski definition) is 5. The predicted molar refractivity (Wildman–Crippen MR) is 104 cm³/mol. The Labute approximate surface area is 166 Å². The highest BCUT2D eigenvalue weighted by Crippen LogP contribution is 2.23. The fraction of sp³-hybridized carbons (Fsp3) is 0.150. The maximum absolute atomic E-state index is 12.5. The monoisotopic (exact) mass is 396 g/mol. The molecule has 0 bridgehead atoms. The zero-order valence-corrected chi connectivity index (χ0v) is 15.7. The average Bonchev–Trinajstić information content (AvgIpc) is 3.18. The van der Waals surface area contributed by atoms with E-state index in [-0.39, 0.29) is 5.69 Å². The smallest absolute Gasteiger partial charge is 0.319 e. The molecule has 2 aromatic carbocycles. The van der Waals surface area contributed by atoms with E-state index in [9.17, 15) is 10.1 Å². The molecule has 1 aromatic heterocycles. The van der Waals surface area contributed by atoms with Crippen LogP contribution in [0.4, 0.5) is 10.5 Å². The van der Waals surface area contributed by atoms with E-state index in [1.54, 1.807) is 31.4 Å². The first kappa shape index (κ1) is 19.3. The number of carbonyl (C=O) groups excluding carboxylic acids is 1. The van der Waals surface area contributed by atoms with Crippen LogP contribution in [0, 0.1) is 11.3 Å². The molecule has 7 nitrogen and oxygen atoms in total. The Bertz CT molecular complexity index is 978. The number of carbonyl (C=O) groups is 1. The number of aromatic nitrogens is 1. The number of benzene rings is 2. The second kappa shape index (κ2) is 8.93. The fourth-order valence-electron chi connectivity index (χ4n) is 2.65. The summed E-state index contributed by atoms with van der Waals surface area (Å²) in [5, 5.41) is 15.4. The number of ether oxygens (including phenoxy) is 1. The Kier molecular flexibility index (Phi) is 6.14. The van der Waals surface area contributed by atoms with Crippen LogP contribution in [0.25, 0.3) is 0 Å². The Morgan fingerprint density at radius 2 is 1.96 bits per heavy atom. The SMILES string of the molecule is COc1ccc(C[C@H](NC(=O)Nc2ccc(Cl)cc2)c2ocnc2C#N)cc1. The Morgan fingerprint density at radius 1 is 1.25 bits per heavy atom. The summed E-state index contributed by atoms with van der Waals surface area (Å²) in [4.78, 5) is 16.4. The molecule has 0 saturated heterocycles. The molecule has 8 heteroatoms. The van der Waals surface area contributed by atoms with Gasteiger partial charge in [0.15, 0.2) is 17.8 Å². The molecule has 2 N–H and O–H groups in total. The van der Waals surface area contributed by atoms with Gasteiger partial charge in [0.25, 0.3) is 0 Å². The number of hydrogen-bond donors (Lipinski definition) is 2. The average molecular weight is 397 g/mol. The van der Waals surface area contributed by atoms with Crippen molar-refractivity contribution in [1.82, 2.24) is 10.3 Å². The minimum atomic E-state index is -0.585. The van der Waals surface area contributed by atoms with Crippen LogP contribution in [-0.2, 0) is 6.42 Å². The van der Waals surface area contributed by atoms with Gasteiger partial charge in [-0.2, -0.15) is 5.26 Å². The molecule has 28 heavy (non-hydrogen) atoms. The molecule has 2 amide bonds. The number of anilines is 1. The highest BCUT2D eigenvalue weighted by molar-refractivity contribution is 6.30. The molecule has 3 aromatic rings. The summed E-state index contributed by atoms with van der Waals surface area (Å²) in [6.07, 6.45) is 1.59.